The summed E-state index contributed by atoms with van der Waals surface area (Å²) in [6, 6.07) is 14.7. The van der Waals surface area contributed by atoms with Gasteiger partial charge in [-0.05, 0) is 54.7 Å². The van der Waals surface area contributed by atoms with Gasteiger partial charge in [-0.3, -0.25) is 4.79 Å². The number of hydrogen-bond acceptors (Lipinski definition) is 4. The fourth-order valence-electron chi connectivity index (χ4n) is 3.00. The molecule has 2 aromatic rings. The maximum Gasteiger partial charge on any atom is 0.344 e. The van der Waals surface area contributed by atoms with Gasteiger partial charge in [-0.1, -0.05) is 35.9 Å². The fourth-order valence-corrected chi connectivity index (χ4v) is 3.13. The molecule has 0 heterocycles. The zero-order chi connectivity index (χ0) is 18.4. The molecular formula is C20H20ClNO4. The molecule has 26 heavy (non-hydrogen) atoms. The van der Waals surface area contributed by atoms with Gasteiger partial charge in [0.1, 0.15) is 5.75 Å². The monoisotopic (exact) mass is 373 g/mol. The van der Waals surface area contributed by atoms with Gasteiger partial charge < -0.3 is 14.8 Å². The smallest absolute Gasteiger partial charge is 0.344 e. The predicted octanol–water partition coefficient (Wildman–Crippen LogP) is 3.46. The first kappa shape index (κ1) is 18.3. The maximum atomic E-state index is 12.1. The molecule has 5 nitrogen and oxygen atoms in total. The molecule has 0 aliphatic heterocycles. The van der Waals surface area contributed by atoms with Crippen LogP contribution in [-0.4, -0.2) is 25.1 Å². The molecule has 0 radical (unpaired) electrons. The van der Waals surface area contributed by atoms with Crippen molar-refractivity contribution in [2.75, 3.05) is 13.2 Å². The number of carbonyl (C=O) groups is 2. The van der Waals surface area contributed by atoms with Crippen LogP contribution in [0.5, 0.6) is 5.75 Å². The van der Waals surface area contributed by atoms with Gasteiger partial charge in [-0.15, -0.1) is 0 Å². The molecule has 0 saturated heterocycles. The third-order valence-corrected chi connectivity index (χ3v) is 4.49. The van der Waals surface area contributed by atoms with E-state index in [-0.39, 0.29) is 25.2 Å². The summed E-state index contributed by atoms with van der Waals surface area (Å²) in [6.45, 7) is -0.581. The summed E-state index contributed by atoms with van der Waals surface area (Å²) in [5, 5.41) is 3.52. The molecule has 1 aliphatic carbocycles. The molecule has 1 amide bonds. The van der Waals surface area contributed by atoms with Crippen molar-refractivity contribution in [2.45, 2.75) is 25.3 Å². The zero-order valence-corrected chi connectivity index (χ0v) is 15.0. The van der Waals surface area contributed by atoms with Gasteiger partial charge in [0, 0.05) is 5.02 Å². The number of esters is 1. The minimum absolute atomic E-state index is 0.0310. The van der Waals surface area contributed by atoms with Crippen LogP contribution >= 0.6 is 11.6 Å². The van der Waals surface area contributed by atoms with E-state index in [1.807, 2.05) is 18.2 Å². The van der Waals surface area contributed by atoms with Gasteiger partial charge >= 0.3 is 5.97 Å². The van der Waals surface area contributed by atoms with E-state index in [2.05, 4.69) is 11.4 Å². The predicted molar refractivity (Wildman–Crippen MR) is 98.2 cm³/mol. The molecule has 1 atom stereocenters. The second-order valence-corrected chi connectivity index (χ2v) is 6.55. The summed E-state index contributed by atoms with van der Waals surface area (Å²) in [4.78, 5) is 23.8. The van der Waals surface area contributed by atoms with Gasteiger partial charge in [-0.2, -0.15) is 0 Å². The molecule has 136 valence electrons. The van der Waals surface area contributed by atoms with E-state index in [9.17, 15) is 9.59 Å². The molecule has 6 heteroatoms. The highest BCUT2D eigenvalue weighted by molar-refractivity contribution is 6.30. The Bertz CT molecular complexity index is 776. The summed E-state index contributed by atoms with van der Waals surface area (Å²) in [5.41, 5.74) is 2.40. The highest BCUT2D eigenvalue weighted by atomic mass is 35.5. The molecule has 1 N–H and O–H groups in total. The highest BCUT2D eigenvalue weighted by Crippen LogP contribution is 2.29. The van der Waals surface area contributed by atoms with E-state index in [1.165, 1.54) is 5.56 Å². The second kappa shape index (κ2) is 8.72. The van der Waals surface area contributed by atoms with E-state index < -0.39 is 5.97 Å². The summed E-state index contributed by atoms with van der Waals surface area (Å²) in [5.74, 6) is -0.402. The molecule has 0 aromatic heterocycles. The molecule has 0 spiro atoms. The van der Waals surface area contributed by atoms with Crippen LogP contribution in [0.25, 0.3) is 0 Å². The summed E-state index contributed by atoms with van der Waals surface area (Å²) in [7, 11) is 0. The second-order valence-electron chi connectivity index (χ2n) is 6.11. The highest BCUT2D eigenvalue weighted by Gasteiger charge is 2.21. The number of nitrogens with one attached hydrogen (secondary N) is 1. The quantitative estimate of drug-likeness (QED) is 0.787. The average Bonchev–Trinajstić information content (AvgIpc) is 2.66. The number of amides is 1. The summed E-state index contributed by atoms with van der Waals surface area (Å²) in [6.07, 6.45) is 2.94. The molecule has 1 aliphatic rings. The Labute approximate surface area is 157 Å². The number of benzene rings is 2. The largest absolute Gasteiger partial charge is 0.482 e. The lowest BCUT2D eigenvalue weighted by molar-refractivity contribution is -0.150. The molecule has 0 saturated carbocycles. The lowest BCUT2D eigenvalue weighted by Gasteiger charge is -2.26. The third kappa shape index (κ3) is 4.99. The summed E-state index contributed by atoms with van der Waals surface area (Å²) < 4.78 is 10.3. The van der Waals surface area contributed by atoms with Crippen molar-refractivity contribution in [3.8, 4) is 5.75 Å². The van der Waals surface area contributed by atoms with Crippen molar-refractivity contribution in [1.29, 1.82) is 0 Å². The van der Waals surface area contributed by atoms with Crippen LogP contribution in [0.1, 0.15) is 30.0 Å². The van der Waals surface area contributed by atoms with Crippen molar-refractivity contribution in [2.24, 2.45) is 0 Å². The summed E-state index contributed by atoms with van der Waals surface area (Å²) >= 11 is 5.78. The minimum atomic E-state index is -0.598. The Balaban J connectivity index is 1.43. The van der Waals surface area contributed by atoms with Gasteiger partial charge in [0.05, 0.1) is 6.04 Å². The average molecular weight is 374 g/mol. The van der Waals surface area contributed by atoms with Crippen LogP contribution < -0.4 is 10.1 Å². The van der Waals surface area contributed by atoms with Crippen LogP contribution in [-0.2, 0) is 20.7 Å². The molecule has 3 rings (SSSR count). The number of rotatable bonds is 6. The number of aryl methyl sites for hydroxylation is 1. The van der Waals surface area contributed by atoms with Crippen molar-refractivity contribution in [3.63, 3.8) is 0 Å². The Morgan fingerprint density at radius 2 is 1.85 bits per heavy atom. The molecule has 0 bridgehead atoms. The third-order valence-electron chi connectivity index (χ3n) is 4.24. The van der Waals surface area contributed by atoms with Crippen molar-refractivity contribution in [3.05, 3.63) is 64.7 Å². The zero-order valence-electron chi connectivity index (χ0n) is 14.2. The number of ether oxygens (including phenoxy) is 2. The van der Waals surface area contributed by atoms with Crippen LogP contribution in [0.4, 0.5) is 0 Å². The first-order valence-electron chi connectivity index (χ1n) is 8.53. The van der Waals surface area contributed by atoms with E-state index in [1.54, 1.807) is 24.3 Å². The molecule has 2 aromatic carbocycles. The number of fused-ring (bicyclic) bond motifs is 1. The van der Waals surface area contributed by atoms with Gasteiger partial charge in [0.25, 0.3) is 5.91 Å². The lowest BCUT2D eigenvalue weighted by Crippen LogP contribution is -2.34. The topological polar surface area (TPSA) is 64.6 Å². The van der Waals surface area contributed by atoms with Crippen LogP contribution in [0.2, 0.25) is 5.02 Å². The van der Waals surface area contributed by atoms with E-state index >= 15 is 0 Å². The standard InChI is InChI=1S/C20H20ClNO4/c21-15-8-10-16(11-9-15)25-13-20(24)26-12-19(23)22-18-7-3-5-14-4-1-2-6-17(14)18/h1-2,4,6,8-11,18H,3,5,7,12-13H2,(H,22,23). The van der Waals surface area contributed by atoms with E-state index in [4.69, 9.17) is 21.1 Å². The minimum Gasteiger partial charge on any atom is -0.482 e. The maximum absolute atomic E-state index is 12.1. The van der Waals surface area contributed by atoms with Crippen molar-refractivity contribution in [1.82, 2.24) is 5.32 Å². The first-order valence-corrected chi connectivity index (χ1v) is 8.91. The Morgan fingerprint density at radius 1 is 1.08 bits per heavy atom. The molecule has 1 unspecified atom stereocenters. The lowest BCUT2D eigenvalue weighted by atomic mass is 9.88. The Hall–Kier alpha value is -2.53. The molecule has 0 fully saturated rings. The van der Waals surface area contributed by atoms with Gasteiger partial charge in [0.2, 0.25) is 0 Å². The normalized spacial score (nSPS) is 15.7. The van der Waals surface area contributed by atoms with Crippen LogP contribution in [0.15, 0.2) is 48.5 Å². The first-order chi connectivity index (χ1) is 12.6. The van der Waals surface area contributed by atoms with Gasteiger partial charge in [-0.25, -0.2) is 4.79 Å². The Kier molecular flexibility index (Phi) is 6.12. The fraction of sp³-hybridized carbons (Fsp3) is 0.300. The van der Waals surface area contributed by atoms with Crippen LogP contribution in [0, 0.1) is 0 Å². The van der Waals surface area contributed by atoms with Gasteiger partial charge in [0.15, 0.2) is 13.2 Å². The van der Waals surface area contributed by atoms with E-state index in [0.29, 0.717) is 10.8 Å². The van der Waals surface area contributed by atoms with Crippen molar-refractivity contribution >= 4 is 23.5 Å². The number of hydrogen-bond donors (Lipinski definition) is 1. The number of halogens is 1. The van der Waals surface area contributed by atoms with E-state index in [0.717, 1.165) is 24.8 Å². The Morgan fingerprint density at radius 3 is 2.65 bits per heavy atom. The SMILES string of the molecule is O=C(COC(=O)COc1ccc(Cl)cc1)NC1CCCc2ccccc21. The van der Waals surface area contributed by atoms with Crippen molar-refractivity contribution < 1.29 is 19.1 Å². The number of carbonyl (C=O) groups excluding carboxylic acids is 2. The molecular weight excluding hydrogens is 354 g/mol. The van der Waals surface area contributed by atoms with Crippen LogP contribution in [0.3, 0.4) is 0 Å².